The number of hydrogen-bond donors (Lipinski definition) is 0. The van der Waals surface area contributed by atoms with Gasteiger partial charge in [0.1, 0.15) is 0 Å². The summed E-state index contributed by atoms with van der Waals surface area (Å²) in [6.45, 7) is 4.73. The van der Waals surface area contributed by atoms with E-state index < -0.39 is 0 Å². The highest BCUT2D eigenvalue weighted by Crippen LogP contribution is 2.19. The van der Waals surface area contributed by atoms with Gasteiger partial charge in [0.2, 0.25) is 0 Å². The van der Waals surface area contributed by atoms with Crippen LogP contribution in [0.3, 0.4) is 0 Å². The van der Waals surface area contributed by atoms with E-state index in [0.717, 1.165) is 54.0 Å². The molecular formula is C28H26N4O. The van der Waals surface area contributed by atoms with Crippen LogP contribution in [0.2, 0.25) is 0 Å². The standard InChI is InChI=1S/C28H26N4O/c1-22-18-23(12-13-27(22)28(33)31-15-4-5-16-31)9-7-17-32(21-25-10-2-3-14-30-25)26-11-6-8-24(19-26)20-29/h2-3,6,8,10-14,18-19H,4-5,15-17,21H2,1H3. The molecule has 0 unspecified atom stereocenters. The number of aryl methyl sites for hydroxylation is 1. The molecule has 2 heterocycles. The van der Waals surface area contributed by atoms with Crippen molar-refractivity contribution in [2.75, 3.05) is 24.5 Å². The van der Waals surface area contributed by atoms with Crippen molar-refractivity contribution in [3.8, 4) is 17.9 Å². The minimum absolute atomic E-state index is 0.114. The minimum atomic E-state index is 0.114. The largest absolute Gasteiger partial charge is 0.354 e. The van der Waals surface area contributed by atoms with Gasteiger partial charge >= 0.3 is 0 Å². The van der Waals surface area contributed by atoms with Crippen molar-refractivity contribution in [2.45, 2.75) is 26.3 Å². The Morgan fingerprint density at radius 3 is 2.64 bits per heavy atom. The molecule has 0 bridgehead atoms. The van der Waals surface area contributed by atoms with Crippen LogP contribution in [0.15, 0.2) is 66.9 Å². The summed E-state index contributed by atoms with van der Waals surface area (Å²) in [5, 5.41) is 9.28. The predicted octanol–water partition coefficient (Wildman–Crippen LogP) is 4.56. The summed E-state index contributed by atoms with van der Waals surface area (Å²) in [5.74, 6) is 6.61. The fourth-order valence-electron chi connectivity index (χ4n) is 4.01. The van der Waals surface area contributed by atoms with E-state index in [4.69, 9.17) is 0 Å². The number of aromatic nitrogens is 1. The van der Waals surface area contributed by atoms with Gasteiger partial charge in [0.25, 0.3) is 5.91 Å². The van der Waals surface area contributed by atoms with Crippen LogP contribution in [0, 0.1) is 30.1 Å². The third kappa shape index (κ3) is 5.59. The number of carbonyl (C=O) groups excluding carboxylic acids is 1. The third-order valence-electron chi connectivity index (χ3n) is 5.77. The first-order chi connectivity index (χ1) is 16.1. The Kier molecular flexibility index (Phi) is 7.03. The Balaban J connectivity index is 1.52. The molecule has 1 amide bonds. The fraction of sp³-hybridized carbons (Fsp3) is 0.250. The first kappa shape index (κ1) is 22.1. The molecular weight excluding hydrogens is 408 g/mol. The number of anilines is 1. The zero-order valence-electron chi connectivity index (χ0n) is 18.8. The molecule has 2 aromatic carbocycles. The minimum Gasteiger partial charge on any atom is -0.354 e. The molecule has 164 valence electrons. The molecule has 0 saturated carbocycles. The molecule has 3 aromatic rings. The van der Waals surface area contributed by atoms with E-state index in [1.54, 1.807) is 12.3 Å². The lowest BCUT2D eigenvalue weighted by molar-refractivity contribution is 0.0792. The molecule has 33 heavy (non-hydrogen) atoms. The van der Waals surface area contributed by atoms with Crippen LogP contribution in [-0.2, 0) is 6.54 Å². The number of likely N-dealkylation sites (tertiary alicyclic amines) is 1. The number of hydrogen-bond acceptors (Lipinski definition) is 4. The number of carbonyl (C=O) groups is 1. The predicted molar refractivity (Wildman–Crippen MR) is 130 cm³/mol. The first-order valence-electron chi connectivity index (χ1n) is 11.2. The SMILES string of the molecule is Cc1cc(C#CCN(Cc2ccccn2)c2cccc(C#N)c2)ccc1C(=O)N1CCCC1. The van der Waals surface area contributed by atoms with E-state index in [1.807, 2.05) is 66.4 Å². The van der Waals surface area contributed by atoms with Crippen molar-refractivity contribution in [3.05, 3.63) is 94.8 Å². The molecule has 1 aromatic heterocycles. The maximum absolute atomic E-state index is 12.7. The Bertz CT molecular complexity index is 1230. The number of benzene rings is 2. The number of nitriles is 1. The average Bonchev–Trinajstić information content (AvgIpc) is 3.39. The van der Waals surface area contributed by atoms with E-state index in [9.17, 15) is 10.1 Å². The summed E-state index contributed by atoms with van der Waals surface area (Å²) < 4.78 is 0. The van der Waals surface area contributed by atoms with Crippen LogP contribution in [0.1, 0.15) is 45.6 Å². The van der Waals surface area contributed by atoms with Gasteiger partial charge in [0.15, 0.2) is 0 Å². The van der Waals surface area contributed by atoms with Crippen LogP contribution in [0.5, 0.6) is 0 Å². The second kappa shape index (κ2) is 10.5. The first-order valence-corrected chi connectivity index (χ1v) is 11.2. The number of amides is 1. The summed E-state index contributed by atoms with van der Waals surface area (Å²) >= 11 is 0. The summed E-state index contributed by atoms with van der Waals surface area (Å²) in [4.78, 5) is 21.2. The zero-order valence-corrected chi connectivity index (χ0v) is 18.8. The Labute approximate surface area is 195 Å². The molecule has 0 spiro atoms. The molecule has 1 saturated heterocycles. The highest BCUT2D eigenvalue weighted by atomic mass is 16.2. The topological polar surface area (TPSA) is 60.2 Å². The second-order valence-corrected chi connectivity index (χ2v) is 8.17. The van der Waals surface area contributed by atoms with Gasteiger partial charge in [-0.05, 0) is 73.9 Å². The van der Waals surface area contributed by atoms with Gasteiger partial charge < -0.3 is 9.80 Å². The van der Waals surface area contributed by atoms with Gasteiger partial charge in [-0.15, -0.1) is 0 Å². The van der Waals surface area contributed by atoms with E-state index in [-0.39, 0.29) is 5.91 Å². The number of rotatable bonds is 5. The molecule has 5 nitrogen and oxygen atoms in total. The Morgan fingerprint density at radius 2 is 1.91 bits per heavy atom. The number of pyridine rings is 1. The van der Waals surface area contributed by atoms with Gasteiger partial charge in [0, 0.05) is 36.1 Å². The van der Waals surface area contributed by atoms with Gasteiger partial charge in [-0.3, -0.25) is 9.78 Å². The second-order valence-electron chi connectivity index (χ2n) is 8.17. The Hall–Kier alpha value is -4.09. The summed E-state index contributed by atoms with van der Waals surface area (Å²) in [6, 6.07) is 21.4. The molecule has 5 heteroatoms. The Morgan fingerprint density at radius 1 is 1.06 bits per heavy atom. The van der Waals surface area contributed by atoms with Crippen molar-refractivity contribution < 1.29 is 4.79 Å². The summed E-state index contributed by atoms with van der Waals surface area (Å²) in [7, 11) is 0. The molecule has 0 radical (unpaired) electrons. The van der Waals surface area contributed by atoms with Crippen molar-refractivity contribution in [2.24, 2.45) is 0 Å². The number of nitrogens with zero attached hydrogens (tertiary/aromatic N) is 4. The smallest absolute Gasteiger partial charge is 0.254 e. The maximum Gasteiger partial charge on any atom is 0.254 e. The van der Waals surface area contributed by atoms with E-state index >= 15 is 0 Å². The lowest BCUT2D eigenvalue weighted by Crippen LogP contribution is -2.28. The van der Waals surface area contributed by atoms with Crippen molar-refractivity contribution in [1.29, 1.82) is 5.26 Å². The molecule has 0 atom stereocenters. The third-order valence-corrected chi connectivity index (χ3v) is 5.77. The van der Waals surface area contributed by atoms with Crippen LogP contribution in [-0.4, -0.2) is 35.4 Å². The summed E-state index contributed by atoms with van der Waals surface area (Å²) in [5.41, 5.74) is 5.06. The monoisotopic (exact) mass is 434 g/mol. The van der Waals surface area contributed by atoms with E-state index in [0.29, 0.717) is 18.7 Å². The van der Waals surface area contributed by atoms with Gasteiger partial charge in [-0.1, -0.05) is 24.0 Å². The molecule has 1 aliphatic heterocycles. The van der Waals surface area contributed by atoms with Crippen LogP contribution >= 0.6 is 0 Å². The summed E-state index contributed by atoms with van der Waals surface area (Å²) in [6.07, 6.45) is 3.94. The zero-order chi connectivity index (χ0) is 23.0. The van der Waals surface area contributed by atoms with Crippen molar-refractivity contribution >= 4 is 11.6 Å². The molecule has 1 aliphatic rings. The van der Waals surface area contributed by atoms with E-state index in [1.165, 1.54) is 0 Å². The lowest BCUT2D eigenvalue weighted by atomic mass is 10.0. The van der Waals surface area contributed by atoms with Crippen LogP contribution in [0.25, 0.3) is 0 Å². The van der Waals surface area contributed by atoms with Gasteiger partial charge in [-0.25, -0.2) is 0 Å². The quantitative estimate of drug-likeness (QED) is 0.553. The molecule has 1 fully saturated rings. The molecule has 0 N–H and O–H groups in total. The molecule has 4 rings (SSSR count). The fourth-order valence-corrected chi connectivity index (χ4v) is 4.01. The van der Waals surface area contributed by atoms with Crippen molar-refractivity contribution in [1.82, 2.24) is 9.88 Å². The van der Waals surface area contributed by atoms with Gasteiger partial charge in [0.05, 0.1) is 30.4 Å². The maximum atomic E-state index is 12.7. The van der Waals surface area contributed by atoms with Crippen LogP contribution < -0.4 is 4.90 Å². The molecule has 0 aliphatic carbocycles. The van der Waals surface area contributed by atoms with Gasteiger partial charge in [-0.2, -0.15) is 5.26 Å². The highest BCUT2D eigenvalue weighted by Gasteiger charge is 2.20. The normalized spacial score (nSPS) is 12.5. The highest BCUT2D eigenvalue weighted by molar-refractivity contribution is 5.96. The van der Waals surface area contributed by atoms with Crippen molar-refractivity contribution in [3.63, 3.8) is 0 Å². The van der Waals surface area contributed by atoms with Crippen LogP contribution in [0.4, 0.5) is 5.69 Å². The lowest BCUT2D eigenvalue weighted by Gasteiger charge is -2.22. The average molecular weight is 435 g/mol. The van der Waals surface area contributed by atoms with E-state index in [2.05, 4.69) is 27.8 Å².